The second-order valence-electron chi connectivity index (χ2n) is 2.65. The summed E-state index contributed by atoms with van der Waals surface area (Å²) in [6.45, 7) is 0. The number of benzene rings is 1. The van der Waals surface area contributed by atoms with Gasteiger partial charge in [0.15, 0.2) is 0 Å². The molecule has 0 aliphatic heterocycles. The summed E-state index contributed by atoms with van der Waals surface area (Å²) in [5, 5.41) is 19.3. The van der Waals surface area contributed by atoms with Crippen LogP contribution in [0.15, 0.2) is 24.3 Å². The number of hydroxylamine groups is 2. The highest BCUT2D eigenvalue weighted by Gasteiger charge is 2.11. The van der Waals surface area contributed by atoms with Crippen molar-refractivity contribution in [2.45, 2.75) is 0 Å². The zero-order valence-electron chi connectivity index (χ0n) is 7.78. The molecule has 1 aromatic carbocycles. The molecule has 0 unspecified atom stereocenters. The van der Waals surface area contributed by atoms with Crippen molar-refractivity contribution in [3.05, 3.63) is 34.4 Å². The standard InChI is InChI=1S/C8H8N2O5/c1-9(12)8(11)15-7-4-2-3-6(5-7)10(13)14/h2-5,12H,1H3. The van der Waals surface area contributed by atoms with Crippen LogP contribution in [0.5, 0.6) is 5.75 Å². The zero-order chi connectivity index (χ0) is 11.4. The number of rotatable bonds is 2. The quantitative estimate of drug-likeness (QED) is 0.454. The first kappa shape index (κ1) is 10.9. The fourth-order valence-corrected chi connectivity index (χ4v) is 0.827. The minimum absolute atomic E-state index is 0.00454. The predicted octanol–water partition coefficient (Wildman–Crippen LogP) is 1.41. The number of nitro benzene ring substituents is 1. The molecule has 1 amide bonds. The minimum Gasteiger partial charge on any atom is -0.408 e. The normalized spacial score (nSPS) is 9.47. The first-order valence-electron chi connectivity index (χ1n) is 3.89. The second kappa shape index (κ2) is 4.38. The van der Waals surface area contributed by atoms with E-state index in [9.17, 15) is 14.9 Å². The molecule has 0 aliphatic rings. The van der Waals surface area contributed by atoms with Crippen LogP contribution in [-0.4, -0.2) is 28.3 Å². The fourth-order valence-electron chi connectivity index (χ4n) is 0.827. The molecular formula is C8H8N2O5. The summed E-state index contributed by atoms with van der Waals surface area (Å²) >= 11 is 0. The first-order chi connectivity index (χ1) is 7.00. The van der Waals surface area contributed by atoms with Crippen molar-refractivity contribution in [3.8, 4) is 5.75 Å². The summed E-state index contributed by atoms with van der Waals surface area (Å²) in [6, 6.07) is 5.09. The van der Waals surface area contributed by atoms with Crippen LogP contribution in [-0.2, 0) is 0 Å². The molecular weight excluding hydrogens is 204 g/mol. The number of carbonyl (C=O) groups is 1. The average Bonchev–Trinajstić information content (AvgIpc) is 2.18. The minimum atomic E-state index is -1.02. The molecule has 7 heteroatoms. The molecule has 0 fully saturated rings. The van der Waals surface area contributed by atoms with E-state index in [4.69, 9.17) is 5.21 Å². The van der Waals surface area contributed by atoms with Crippen molar-refractivity contribution in [2.24, 2.45) is 0 Å². The van der Waals surface area contributed by atoms with Gasteiger partial charge in [-0.05, 0) is 6.07 Å². The van der Waals surface area contributed by atoms with Gasteiger partial charge in [0.05, 0.1) is 11.0 Å². The van der Waals surface area contributed by atoms with Gasteiger partial charge in [-0.3, -0.25) is 15.3 Å². The van der Waals surface area contributed by atoms with E-state index in [1.807, 2.05) is 0 Å². The summed E-state index contributed by atoms with van der Waals surface area (Å²) in [6.07, 6.45) is -1.02. The highest BCUT2D eigenvalue weighted by atomic mass is 16.6. The second-order valence-corrected chi connectivity index (χ2v) is 2.65. The number of ether oxygens (including phenoxy) is 1. The molecule has 0 atom stereocenters. The molecule has 0 heterocycles. The first-order valence-corrected chi connectivity index (χ1v) is 3.89. The Morgan fingerprint density at radius 2 is 2.27 bits per heavy atom. The molecule has 1 rings (SSSR count). The van der Waals surface area contributed by atoms with Gasteiger partial charge in [-0.2, -0.15) is 5.06 Å². The van der Waals surface area contributed by atoms with Crippen molar-refractivity contribution >= 4 is 11.8 Å². The zero-order valence-corrected chi connectivity index (χ0v) is 7.78. The van der Waals surface area contributed by atoms with Crippen molar-refractivity contribution in [3.63, 3.8) is 0 Å². The van der Waals surface area contributed by atoms with Crippen LogP contribution < -0.4 is 4.74 Å². The van der Waals surface area contributed by atoms with Crippen LogP contribution >= 0.6 is 0 Å². The van der Waals surface area contributed by atoms with Gasteiger partial charge in [-0.25, -0.2) is 4.79 Å². The van der Waals surface area contributed by atoms with E-state index in [2.05, 4.69) is 4.74 Å². The number of hydrogen-bond donors (Lipinski definition) is 1. The molecule has 0 saturated carbocycles. The Kier molecular flexibility index (Phi) is 3.19. The number of amides is 1. The van der Waals surface area contributed by atoms with Gasteiger partial charge in [0.1, 0.15) is 5.75 Å². The van der Waals surface area contributed by atoms with Gasteiger partial charge in [0, 0.05) is 13.1 Å². The number of non-ortho nitro benzene ring substituents is 1. The number of carbonyl (C=O) groups excluding carboxylic acids is 1. The lowest BCUT2D eigenvalue weighted by molar-refractivity contribution is -0.384. The van der Waals surface area contributed by atoms with E-state index < -0.39 is 11.0 Å². The van der Waals surface area contributed by atoms with E-state index in [-0.39, 0.29) is 16.5 Å². The Morgan fingerprint density at radius 3 is 2.80 bits per heavy atom. The highest BCUT2D eigenvalue weighted by molar-refractivity contribution is 5.69. The summed E-state index contributed by atoms with van der Waals surface area (Å²) in [5.41, 5.74) is -0.194. The topological polar surface area (TPSA) is 92.9 Å². The molecule has 0 spiro atoms. The third-order valence-corrected chi connectivity index (χ3v) is 1.50. The lowest BCUT2D eigenvalue weighted by Crippen LogP contribution is -2.25. The van der Waals surface area contributed by atoms with Crippen molar-refractivity contribution in [1.29, 1.82) is 0 Å². The maximum absolute atomic E-state index is 10.9. The predicted molar refractivity (Wildman–Crippen MR) is 48.7 cm³/mol. The Labute approximate surface area is 84.6 Å². The average molecular weight is 212 g/mol. The smallest absolute Gasteiger partial charge is 0.408 e. The number of nitro groups is 1. The summed E-state index contributed by atoms with van der Waals surface area (Å²) in [4.78, 5) is 20.6. The SMILES string of the molecule is CN(O)C(=O)Oc1cccc([N+](=O)[O-])c1. The third-order valence-electron chi connectivity index (χ3n) is 1.50. The van der Waals surface area contributed by atoms with Crippen LogP contribution in [0, 0.1) is 10.1 Å². The van der Waals surface area contributed by atoms with E-state index in [0.29, 0.717) is 0 Å². The molecule has 80 valence electrons. The van der Waals surface area contributed by atoms with Crippen LogP contribution in [0.4, 0.5) is 10.5 Å². The number of nitrogens with zero attached hydrogens (tertiary/aromatic N) is 2. The summed E-state index contributed by atoms with van der Waals surface area (Å²) in [7, 11) is 1.08. The molecule has 0 radical (unpaired) electrons. The van der Waals surface area contributed by atoms with E-state index in [0.717, 1.165) is 13.1 Å². The van der Waals surface area contributed by atoms with Gasteiger partial charge >= 0.3 is 6.09 Å². The van der Waals surface area contributed by atoms with Crippen molar-refractivity contribution in [1.82, 2.24) is 5.06 Å². The molecule has 0 bridgehead atoms. The van der Waals surface area contributed by atoms with Crippen LogP contribution in [0.1, 0.15) is 0 Å². The molecule has 1 N–H and O–H groups in total. The van der Waals surface area contributed by atoms with Gasteiger partial charge < -0.3 is 4.74 Å². The van der Waals surface area contributed by atoms with Gasteiger partial charge in [0.2, 0.25) is 0 Å². The number of hydrogen-bond acceptors (Lipinski definition) is 5. The molecule has 0 aromatic heterocycles. The van der Waals surface area contributed by atoms with E-state index >= 15 is 0 Å². The molecule has 7 nitrogen and oxygen atoms in total. The van der Waals surface area contributed by atoms with Crippen LogP contribution in [0.3, 0.4) is 0 Å². The summed E-state index contributed by atoms with van der Waals surface area (Å²) < 4.78 is 4.60. The Hall–Kier alpha value is -2.15. The van der Waals surface area contributed by atoms with Gasteiger partial charge in [-0.1, -0.05) is 6.07 Å². The lowest BCUT2D eigenvalue weighted by Gasteiger charge is -2.08. The van der Waals surface area contributed by atoms with E-state index in [1.165, 1.54) is 18.2 Å². The van der Waals surface area contributed by atoms with Gasteiger partial charge in [-0.15, -0.1) is 0 Å². The Bertz CT molecular complexity index is 390. The van der Waals surface area contributed by atoms with Crippen LogP contribution in [0.2, 0.25) is 0 Å². The largest absolute Gasteiger partial charge is 0.438 e. The van der Waals surface area contributed by atoms with Crippen molar-refractivity contribution < 1.29 is 19.7 Å². The third kappa shape index (κ3) is 2.92. The maximum Gasteiger partial charge on any atom is 0.438 e. The van der Waals surface area contributed by atoms with Crippen molar-refractivity contribution in [2.75, 3.05) is 7.05 Å². The molecule has 0 saturated heterocycles. The van der Waals surface area contributed by atoms with Gasteiger partial charge in [0.25, 0.3) is 5.69 Å². The fraction of sp³-hybridized carbons (Fsp3) is 0.125. The monoisotopic (exact) mass is 212 g/mol. The molecule has 15 heavy (non-hydrogen) atoms. The summed E-state index contributed by atoms with van der Waals surface area (Å²) in [5.74, 6) is -0.00454. The maximum atomic E-state index is 10.9. The van der Waals surface area contributed by atoms with E-state index in [1.54, 1.807) is 0 Å². The Morgan fingerprint density at radius 1 is 1.60 bits per heavy atom. The molecule has 1 aromatic rings. The Balaban J connectivity index is 2.83. The lowest BCUT2D eigenvalue weighted by atomic mass is 10.3. The molecule has 0 aliphatic carbocycles. The van der Waals surface area contributed by atoms with Crippen LogP contribution in [0.25, 0.3) is 0 Å². The highest BCUT2D eigenvalue weighted by Crippen LogP contribution is 2.19.